The highest BCUT2D eigenvalue weighted by Crippen LogP contribution is 2.49. The minimum absolute atomic E-state index is 1.00. The molecule has 0 unspecified atom stereocenters. The van der Waals surface area contributed by atoms with Crippen molar-refractivity contribution in [2.24, 2.45) is 0 Å². The Hall–Kier alpha value is -4.68. The van der Waals surface area contributed by atoms with E-state index in [-0.39, 0.29) is 0 Å². The largest absolute Gasteiger partial charge is 0.0622 e. The first-order valence-corrected chi connectivity index (χ1v) is 13.0. The predicted octanol–water partition coefficient (Wildman–Crippen LogP) is 10.1. The summed E-state index contributed by atoms with van der Waals surface area (Å²) in [5, 5.41) is 7.90. The van der Waals surface area contributed by atoms with Crippen molar-refractivity contribution in [3.8, 4) is 33.4 Å². The molecule has 0 aromatic heterocycles. The molecule has 1 aliphatic carbocycles. The van der Waals surface area contributed by atoms with Crippen LogP contribution in [-0.4, -0.2) is 0 Å². The van der Waals surface area contributed by atoms with Crippen LogP contribution in [-0.2, 0) is 6.42 Å². The zero-order chi connectivity index (χ0) is 24.3. The highest BCUT2D eigenvalue weighted by atomic mass is 14.3. The second-order valence-electron chi connectivity index (χ2n) is 10.0. The van der Waals surface area contributed by atoms with E-state index in [2.05, 4.69) is 133 Å². The topological polar surface area (TPSA) is 0 Å². The van der Waals surface area contributed by atoms with Gasteiger partial charge in [-0.3, -0.25) is 0 Å². The van der Waals surface area contributed by atoms with Gasteiger partial charge in [0.2, 0.25) is 0 Å². The first kappa shape index (κ1) is 20.5. The summed E-state index contributed by atoms with van der Waals surface area (Å²) in [5.74, 6) is 0. The zero-order valence-corrected chi connectivity index (χ0v) is 20.4. The molecule has 0 N–H and O–H groups in total. The van der Waals surface area contributed by atoms with E-state index in [1.807, 2.05) is 0 Å². The van der Waals surface area contributed by atoms with Gasteiger partial charge < -0.3 is 0 Å². The molecule has 8 rings (SSSR count). The lowest BCUT2D eigenvalue weighted by Gasteiger charge is -2.20. The van der Waals surface area contributed by atoms with Crippen LogP contribution in [0.25, 0.3) is 65.7 Å². The molecule has 0 nitrogen and oxygen atoms in total. The van der Waals surface area contributed by atoms with E-state index in [9.17, 15) is 0 Å². The monoisotopic (exact) mass is 468 g/mol. The van der Waals surface area contributed by atoms with Gasteiger partial charge in [0.25, 0.3) is 0 Å². The molecule has 0 radical (unpaired) electrons. The molecule has 37 heavy (non-hydrogen) atoms. The van der Waals surface area contributed by atoms with Crippen LogP contribution < -0.4 is 0 Å². The average molecular weight is 469 g/mol. The van der Waals surface area contributed by atoms with E-state index >= 15 is 0 Å². The maximum atomic E-state index is 2.47. The summed E-state index contributed by atoms with van der Waals surface area (Å²) in [6.07, 6.45) is 1.00. The normalized spacial score (nSPS) is 12.2. The number of hydrogen-bond donors (Lipinski definition) is 0. The molecule has 0 amide bonds. The van der Waals surface area contributed by atoms with Crippen molar-refractivity contribution < 1.29 is 0 Å². The highest BCUT2D eigenvalue weighted by molar-refractivity contribution is 6.24. The van der Waals surface area contributed by atoms with Gasteiger partial charge >= 0.3 is 0 Å². The van der Waals surface area contributed by atoms with Gasteiger partial charge in [-0.05, 0) is 89.3 Å². The third-order valence-electron chi connectivity index (χ3n) is 8.09. The highest BCUT2D eigenvalue weighted by Gasteiger charge is 2.24. The minimum Gasteiger partial charge on any atom is -0.0622 e. The quantitative estimate of drug-likeness (QED) is 0.221. The van der Waals surface area contributed by atoms with Gasteiger partial charge in [0.1, 0.15) is 0 Å². The summed E-state index contributed by atoms with van der Waals surface area (Å²) < 4.78 is 0. The van der Waals surface area contributed by atoms with Crippen LogP contribution in [0.2, 0.25) is 0 Å². The van der Waals surface area contributed by atoms with E-state index in [0.29, 0.717) is 0 Å². The maximum absolute atomic E-state index is 2.47. The predicted molar refractivity (Wildman–Crippen MR) is 158 cm³/mol. The molecule has 0 heterocycles. The molecule has 0 bridgehead atoms. The van der Waals surface area contributed by atoms with Gasteiger partial charge in [0.15, 0.2) is 0 Å². The van der Waals surface area contributed by atoms with Crippen LogP contribution >= 0.6 is 0 Å². The van der Waals surface area contributed by atoms with Crippen molar-refractivity contribution in [3.63, 3.8) is 0 Å². The zero-order valence-electron chi connectivity index (χ0n) is 20.4. The molecule has 172 valence electrons. The van der Waals surface area contributed by atoms with Gasteiger partial charge in [-0.1, -0.05) is 127 Å². The fourth-order valence-corrected chi connectivity index (χ4v) is 6.54. The van der Waals surface area contributed by atoms with E-state index < -0.39 is 0 Å². The summed E-state index contributed by atoms with van der Waals surface area (Å²) >= 11 is 0. The third-order valence-corrected chi connectivity index (χ3v) is 8.09. The molecule has 0 saturated carbocycles. The molecule has 0 saturated heterocycles. The Labute approximate surface area is 216 Å². The molecule has 1 aliphatic rings. The van der Waals surface area contributed by atoms with Gasteiger partial charge in [0.05, 0.1) is 0 Å². The summed E-state index contributed by atoms with van der Waals surface area (Å²) in [4.78, 5) is 0. The number of rotatable bonds is 2. The van der Waals surface area contributed by atoms with E-state index in [1.165, 1.54) is 76.8 Å². The molecule has 0 heteroatoms. The summed E-state index contributed by atoms with van der Waals surface area (Å²) in [6.45, 7) is 0. The van der Waals surface area contributed by atoms with Gasteiger partial charge in [-0.25, -0.2) is 0 Å². The lowest BCUT2D eigenvalue weighted by atomic mass is 9.83. The Morgan fingerprint density at radius 3 is 1.54 bits per heavy atom. The Morgan fingerprint density at radius 2 is 0.865 bits per heavy atom. The van der Waals surface area contributed by atoms with Crippen LogP contribution in [0.3, 0.4) is 0 Å². The van der Waals surface area contributed by atoms with Gasteiger partial charge in [0, 0.05) is 0 Å². The number of benzene rings is 7. The van der Waals surface area contributed by atoms with Crippen molar-refractivity contribution >= 4 is 32.3 Å². The Balaban J connectivity index is 1.57. The van der Waals surface area contributed by atoms with Crippen LogP contribution in [0.4, 0.5) is 0 Å². The maximum Gasteiger partial charge on any atom is -0.000728 e. The van der Waals surface area contributed by atoms with Crippen LogP contribution in [0.15, 0.2) is 133 Å². The van der Waals surface area contributed by atoms with Crippen molar-refractivity contribution in [1.82, 2.24) is 0 Å². The molecule has 0 spiro atoms. The molecular weight excluding hydrogens is 444 g/mol. The summed E-state index contributed by atoms with van der Waals surface area (Å²) in [6, 6.07) is 49.1. The van der Waals surface area contributed by atoms with Gasteiger partial charge in [-0.15, -0.1) is 0 Å². The molecule has 0 atom stereocenters. The van der Waals surface area contributed by atoms with Crippen LogP contribution in [0, 0.1) is 0 Å². The average Bonchev–Trinajstić information content (AvgIpc) is 3.35. The molecular formula is C37H24. The lowest BCUT2D eigenvalue weighted by molar-refractivity contribution is 1.28. The molecule has 7 aromatic carbocycles. The fraction of sp³-hybridized carbons (Fsp3) is 0.0270. The van der Waals surface area contributed by atoms with Crippen molar-refractivity contribution in [3.05, 3.63) is 145 Å². The minimum atomic E-state index is 1.00. The summed E-state index contributed by atoms with van der Waals surface area (Å²) in [7, 11) is 0. The lowest BCUT2D eigenvalue weighted by Crippen LogP contribution is -1.93. The standard InChI is InChI=1S/C37H24/c1-2-12-24(13-3-1)36-29-18-8-10-20-31(29)37(32-21-11-9-19-30(32)36)35-23-34-26-15-5-4-14-25(26)22-33(34)27-16-6-7-17-28(27)35/h1-21,23H,22H2. The molecule has 0 aliphatic heterocycles. The fourth-order valence-electron chi connectivity index (χ4n) is 6.54. The van der Waals surface area contributed by atoms with Crippen molar-refractivity contribution in [1.29, 1.82) is 0 Å². The number of hydrogen-bond acceptors (Lipinski definition) is 0. The third kappa shape index (κ3) is 2.96. The Kier molecular flexibility index (Phi) is 4.39. The SMILES string of the molecule is c1ccc(-c2c3ccccc3c(-c3cc4c(c5ccccc35)Cc3ccccc3-4)c3ccccc23)cc1. The Bertz CT molecular complexity index is 1940. The second kappa shape index (κ2) is 7.91. The van der Waals surface area contributed by atoms with Crippen molar-refractivity contribution in [2.75, 3.05) is 0 Å². The summed E-state index contributed by atoms with van der Waals surface area (Å²) in [5.41, 5.74) is 10.8. The van der Waals surface area contributed by atoms with E-state index in [1.54, 1.807) is 0 Å². The van der Waals surface area contributed by atoms with Crippen LogP contribution in [0.1, 0.15) is 11.1 Å². The van der Waals surface area contributed by atoms with Crippen molar-refractivity contribution in [2.45, 2.75) is 6.42 Å². The first-order valence-electron chi connectivity index (χ1n) is 13.0. The second-order valence-corrected chi connectivity index (χ2v) is 10.0. The van der Waals surface area contributed by atoms with Gasteiger partial charge in [-0.2, -0.15) is 0 Å². The molecule has 0 fully saturated rings. The number of fused-ring (bicyclic) bond motifs is 7. The smallest absolute Gasteiger partial charge is 0.000728 e. The van der Waals surface area contributed by atoms with E-state index in [4.69, 9.17) is 0 Å². The Morgan fingerprint density at radius 1 is 0.351 bits per heavy atom. The first-order chi connectivity index (χ1) is 18.4. The molecule has 7 aromatic rings. The van der Waals surface area contributed by atoms with Crippen LogP contribution in [0.5, 0.6) is 0 Å². The van der Waals surface area contributed by atoms with E-state index in [0.717, 1.165) is 6.42 Å².